The summed E-state index contributed by atoms with van der Waals surface area (Å²) in [6.07, 6.45) is 1.67. The maximum Gasteiger partial charge on any atom is 0.256 e. The summed E-state index contributed by atoms with van der Waals surface area (Å²) in [6.45, 7) is 1.34. The van der Waals surface area contributed by atoms with Crippen molar-refractivity contribution >= 4 is 28.9 Å². The minimum atomic E-state index is -1.18. The molecule has 2 amide bonds. The highest BCUT2D eigenvalue weighted by molar-refractivity contribution is 6.31. The molecule has 0 spiro atoms. The third-order valence-electron chi connectivity index (χ3n) is 4.19. The summed E-state index contributed by atoms with van der Waals surface area (Å²) < 4.78 is 7.33. The Morgan fingerprint density at radius 1 is 1.36 bits per heavy atom. The average molecular weight is 403 g/mol. The molecule has 0 radical (unpaired) electrons. The predicted octanol–water partition coefficient (Wildman–Crippen LogP) is 1.45. The number of nitrogens with one attached hydrogen (secondary N) is 1. The van der Waals surface area contributed by atoms with Crippen molar-refractivity contribution in [1.82, 2.24) is 14.9 Å². The first-order valence-corrected chi connectivity index (χ1v) is 8.84. The van der Waals surface area contributed by atoms with Gasteiger partial charge in [-0.3, -0.25) is 9.59 Å². The van der Waals surface area contributed by atoms with E-state index in [-0.39, 0.29) is 12.2 Å². The molecule has 0 aliphatic carbocycles. The lowest BCUT2D eigenvalue weighted by atomic mass is 10.1. The summed E-state index contributed by atoms with van der Waals surface area (Å²) in [5, 5.41) is 16.5. The lowest BCUT2D eigenvalue weighted by molar-refractivity contribution is -0.120. The van der Waals surface area contributed by atoms with Crippen LogP contribution in [0.25, 0.3) is 5.52 Å². The molecule has 0 unspecified atom stereocenters. The van der Waals surface area contributed by atoms with Crippen molar-refractivity contribution in [2.45, 2.75) is 19.6 Å². The number of aryl methyl sites for hydroxylation is 1. The molecule has 0 fully saturated rings. The highest BCUT2D eigenvalue weighted by atomic mass is 35.5. The highest BCUT2D eigenvalue weighted by Crippen LogP contribution is 2.23. The van der Waals surface area contributed by atoms with Crippen molar-refractivity contribution in [1.29, 1.82) is 0 Å². The van der Waals surface area contributed by atoms with E-state index in [1.165, 1.54) is 4.52 Å². The van der Waals surface area contributed by atoms with E-state index in [9.17, 15) is 14.7 Å². The van der Waals surface area contributed by atoms with Gasteiger partial charge in [-0.05, 0) is 19.1 Å². The van der Waals surface area contributed by atoms with Crippen LogP contribution in [0.3, 0.4) is 0 Å². The summed E-state index contributed by atoms with van der Waals surface area (Å²) in [4.78, 5) is 23.9. The largest absolute Gasteiger partial charge is 0.489 e. The van der Waals surface area contributed by atoms with Gasteiger partial charge in [0.05, 0.1) is 23.4 Å². The van der Waals surface area contributed by atoms with Gasteiger partial charge in [0.1, 0.15) is 18.4 Å². The molecule has 3 rings (SSSR count). The molecule has 28 heavy (non-hydrogen) atoms. The van der Waals surface area contributed by atoms with Crippen molar-refractivity contribution in [2.24, 2.45) is 5.73 Å². The normalized spacial score (nSPS) is 12.0. The SMILES string of the molecule is Cc1nn2ccc(OCc3ccccc3Cl)cc2c1C(=O)N[C@@H](CO)C(N)=O. The van der Waals surface area contributed by atoms with E-state index in [4.69, 9.17) is 22.1 Å². The molecule has 0 saturated carbocycles. The molecule has 0 aliphatic rings. The fraction of sp³-hybridized carbons (Fsp3) is 0.211. The maximum absolute atomic E-state index is 12.6. The number of hydrogen-bond acceptors (Lipinski definition) is 5. The molecule has 0 saturated heterocycles. The number of ether oxygens (including phenoxy) is 1. The van der Waals surface area contributed by atoms with Crippen LogP contribution in [0.5, 0.6) is 5.75 Å². The minimum Gasteiger partial charge on any atom is -0.489 e. The highest BCUT2D eigenvalue weighted by Gasteiger charge is 2.23. The molecule has 1 atom stereocenters. The van der Waals surface area contributed by atoms with Crippen LogP contribution in [0.1, 0.15) is 21.6 Å². The Balaban J connectivity index is 1.86. The van der Waals surface area contributed by atoms with Crippen LogP contribution in [0.15, 0.2) is 42.6 Å². The number of rotatable bonds is 7. The van der Waals surface area contributed by atoms with Crippen LogP contribution in [-0.2, 0) is 11.4 Å². The van der Waals surface area contributed by atoms with Crippen molar-refractivity contribution < 1.29 is 19.4 Å². The van der Waals surface area contributed by atoms with E-state index in [1.54, 1.807) is 31.3 Å². The number of aliphatic hydroxyl groups is 1. The molecular weight excluding hydrogens is 384 g/mol. The van der Waals surface area contributed by atoms with E-state index >= 15 is 0 Å². The predicted molar refractivity (Wildman–Crippen MR) is 103 cm³/mol. The van der Waals surface area contributed by atoms with Gasteiger partial charge in [0.15, 0.2) is 0 Å². The lowest BCUT2D eigenvalue weighted by Crippen LogP contribution is -2.46. The summed E-state index contributed by atoms with van der Waals surface area (Å²) in [7, 11) is 0. The number of carbonyl (C=O) groups excluding carboxylic acids is 2. The number of pyridine rings is 1. The fourth-order valence-corrected chi connectivity index (χ4v) is 2.92. The van der Waals surface area contributed by atoms with Crippen molar-refractivity contribution in [3.8, 4) is 5.75 Å². The van der Waals surface area contributed by atoms with Gasteiger partial charge < -0.3 is 20.9 Å². The summed E-state index contributed by atoms with van der Waals surface area (Å²) in [5.74, 6) is -0.864. The monoisotopic (exact) mass is 402 g/mol. The Bertz CT molecular complexity index is 1030. The zero-order chi connectivity index (χ0) is 20.3. The Labute approximate surface area is 165 Å². The van der Waals surface area contributed by atoms with Crippen LogP contribution in [0, 0.1) is 6.92 Å². The van der Waals surface area contributed by atoms with Gasteiger partial charge in [-0.25, -0.2) is 4.52 Å². The lowest BCUT2D eigenvalue weighted by Gasteiger charge is -2.12. The standard InChI is InChI=1S/C19H19ClN4O4/c1-11-17(19(27)22-15(9-25)18(21)26)16-8-13(6-7-24(16)23-11)28-10-12-4-2-3-5-14(12)20/h2-8,15,25H,9-10H2,1H3,(H2,21,26)(H,22,27)/t15-/m0/s1. The van der Waals surface area contributed by atoms with Gasteiger partial charge in [-0.2, -0.15) is 5.10 Å². The number of carbonyl (C=O) groups is 2. The van der Waals surface area contributed by atoms with Gasteiger partial charge >= 0.3 is 0 Å². The van der Waals surface area contributed by atoms with Crippen LogP contribution < -0.4 is 15.8 Å². The second-order valence-electron chi connectivity index (χ2n) is 6.14. The Morgan fingerprint density at radius 2 is 2.11 bits per heavy atom. The molecule has 3 aromatic rings. The number of benzene rings is 1. The average Bonchev–Trinajstić information content (AvgIpc) is 3.00. The third-order valence-corrected chi connectivity index (χ3v) is 4.56. The molecule has 2 aromatic heterocycles. The number of nitrogens with zero attached hydrogens (tertiary/aromatic N) is 2. The third kappa shape index (κ3) is 4.08. The van der Waals surface area contributed by atoms with Crippen LogP contribution in [0.2, 0.25) is 5.02 Å². The molecular formula is C19H19ClN4O4. The van der Waals surface area contributed by atoms with Crippen LogP contribution >= 0.6 is 11.6 Å². The number of amides is 2. The van der Waals surface area contributed by atoms with Crippen molar-refractivity contribution in [3.63, 3.8) is 0 Å². The van der Waals surface area contributed by atoms with E-state index in [0.717, 1.165) is 5.56 Å². The second-order valence-corrected chi connectivity index (χ2v) is 6.55. The topological polar surface area (TPSA) is 119 Å². The molecule has 1 aromatic carbocycles. The van der Waals surface area contributed by atoms with E-state index in [2.05, 4.69) is 10.4 Å². The van der Waals surface area contributed by atoms with Gasteiger partial charge in [-0.15, -0.1) is 0 Å². The summed E-state index contributed by atoms with van der Waals surface area (Å²) in [5.41, 5.74) is 7.22. The first-order valence-electron chi connectivity index (χ1n) is 8.47. The van der Waals surface area contributed by atoms with E-state index in [1.807, 2.05) is 18.2 Å². The molecule has 146 valence electrons. The van der Waals surface area contributed by atoms with Gasteiger partial charge in [0, 0.05) is 22.8 Å². The first kappa shape index (κ1) is 19.7. The Morgan fingerprint density at radius 3 is 2.79 bits per heavy atom. The quantitative estimate of drug-likeness (QED) is 0.552. The number of aromatic nitrogens is 2. The molecule has 8 nitrogen and oxygen atoms in total. The summed E-state index contributed by atoms with van der Waals surface area (Å²) in [6, 6.07) is 9.56. The first-order chi connectivity index (χ1) is 13.4. The number of nitrogens with two attached hydrogens (primary N) is 1. The molecule has 9 heteroatoms. The molecule has 4 N–H and O–H groups in total. The summed E-state index contributed by atoms with van der Waals surface area (Å²) >= 11 is 6.14. The van der Waals surface area contributed by atoms with Gasteiger partial charge in [-0.1, -0.05) is 29.8 Å². The Hall–Kier alpha value is -3.10. The van der Waals surface area contributed by atoms with Crippen LogP contribution in [0.4, 0.5) is 0 Å². The molecule has 0 bridgehead atoms. The van der Waals surface area contributed by atoms with Crippen molar-refractivity contribution in [3.05, 3.63) is 64.4 Å². The number of fused-ring (bicyclic) bond motifs is 1. The Kier molecular flexibility index (Phi) is 5.81. The number of primary amides is 1. The van der Waals surface area contributed by atoms with Crippen molar-refractivity contribution in [2.75, 3.05) is 6.61 Å². The zero-order valence-electron chi connectivity index (χ0n) is 15.1. The smallest absolute Gasteiger partial charge is 0.256 e. The number of aliphatic hydroxyl groups excluding tert-OH is 1. The maximum atomic E-state index is 12.6. The second kappa shape index (κ2) is 8.28. The number of halogens is 1. The zero-order valence-corrected chi connectivity index (χ0v) is 15.8. The molecule has 2 heterocycles. The van der Waals surface area contributed by atoms with E-state index in [0.29, 0.717) is 22.0 Å². The van der Waals surface area contributed by atoms with Gasteiger partial charge in [0.25, 0.3) is 5.91 Å². The minimum absolute atomic E-state index is 0.263. The van der Waals surface area contributed by atoms with Crippen LogP contribution in [-0.4, -0.2) is 39.2 Å². The number of hydrogen-bond donors (Lipinski definition) is 3. The fourth-order valence-electron chi connectivity index (χ4n) is 2.73. The molecule has 0 aliphatic heterocycles. The van der Waals surface area contributed by atoms with E-state index < -0.39 is 24.5 Å². The van der Waals surface area contributed by atoms with Gasteiger partial charge in [0.2, 0.25) is 5.91 Å².